The fourth-order valence-electron chi connectivity index (χ4n) is 6.70. The van der Waals surface area contributed by atoms with Crippen LogP contribution in [0.1, 0.15) is 107 Å². The Labute approximate surface area is 241 Å². The molecule has 0 atom stereocenters. The summed E-state index contributed by atoms with van der Waals surface area (Å²) in [6.07, 6.45) is 22.7. The highest BCUT2D eigenvalue weighted by Gasteiger charge is 2.46. The Hall–Kier alpha value is -2.70. The summed E-state index contributed by atoms with van der Waals surface area (Å²) in [5, 5.41) is 3.80. The largest absolute Gasteiger partial charge is 0.363 e. The average Bonchev–Trinajstić information content (AvgIpc) is 3.24. The predicted molar refractivity (Wildman–Crippen MR) is 160 cm³/mol. The first kappa shape index (κ1) is 30.3. The highest BCUT2D eigenvalue weighted by molar-refractivity contribution is 5.91. The number of hydrogen-bond acceptors (Lipinski definition) is 6. The van der Waals surface area contributed by atoms with Gasteiger partial charge in [-0.15, -0.1) is 10.1 Å². The van der Waals surface area contributed by atoms with Gasteiger partial charge in [0, 0.05) is 11.1 Å². The van der Waals surface area contributed by atoms with E-state index in [1.54, 1.807) is 0 Å². The van der Waals surface area contributed by atoms with Crippen LogP contribution in [0.4, 0.5) is 0 Å². The zero-order chi connectivity index (χ0) is 29.3. The van der Waals surface area contributed by atoms with Gasteiger partial charge in [-0.3, -0.25) is 0 Å². The monoisotopic (exact) mass is 548 g/mol. The van der Waals surface area contributed by atoms with Gasteiger partial charge in [0.15, 0.2) is 0 Å². The van der Waals surface area contributed by atoms with Gasteiger partial charge in [-0.25, -0.2) is 9.59 Å². The van der Waals surface area contributed by atoms with Crippen LogP contribution in [-0.4, -0.2) is 44.2 Å². The highest BCUT2D eigenvalue weighted by Crippen LogP contribution is 2.40. The van der Waals surface area contributed by atoms with Gasteiger partial charge in [-0.1, -0.05) is 36.5 Å². The Morgan fingerprint density at radius 3 is 1.25 bits per heavy atom. The van der Waals surface area contributed by atoms with Crippen molar-refractivity contribution in [3.8, 4) is 0 Å². The lowest BCUT2D eigenvalue weighted by atomic mass is 9.82. The normalized spacial score (nSPS) is 25.9. The van der Waals surface area contributed by atoms with Crippen molar-refractivity contribution in [2.45, 2.75) is 129 Å². The minimum absolute atomic E-state index is 0.235. The van der Waals surface area contributed by atoms with E-state index in [4.69, 9.17) is 9.68 Å². The van der Waals surface area contributed by atoms with Crippen LogP contribution in [0.25, 0.3) is 0 Å². The van der Waals surface area contributed by atoms with Gasteiger partial charge in [0.25, 0.3) is 0 Å². The minimum atomic E-state index is -0.330. The molecule has 6 heteroatoms. The van der Waals surface area contributed by atoms with Crippen LogP contribution in [0.5, 0.6) is 0 Å². The molecule has 6 nitrogen and oxygen atoms in total. The summed E-state index contributed by atoms with van der Waals surface area (Å²) in [4.78, 5) is 39.2. The van der Waals surface area contributed by atoms with Crippen LogP contribution in [-0.2, 0) is 19.3 Å². The fraction of sp³-hybridized carbons (Fsp3) is 0.588. The Balaban J connectivity index is 1.56. The molecule has 0 spiro atoms. The van der Waals surface area contributed by atoms with Crippen molar-refractivity contribution in [2.75, 3.05) is 0 Å². The first-order valence-corrected chi connectivity index (χ1v) is 14.8. The van der Waals surface area contributed by atoms with E-state index >= 15 is 0 Å². The summed E-state index contributed by atoms with van der Waals surface area (Å²) in [6, 6.07) is 0. The van der Waals surface area contributed by atoms with Crippen molar-refractivity contribution < 1.29 is 19.3 Å². The quantitative estimate of drug-likeness (QED) is 0.352. The van der Waals surface area contributed by atoms with E-state index in [2.05, 4.69) is 55.4 Å². The molecular formula is C34H48N2O4. The number of hydroxylamine groups is 4. The van der Waals surface area contributed by atoms with Crippen LogP contribution in [0.2, 0.25) is 0 Å². The number of hydrogen-bond donors (Lipinski definition) is 0. The van der Waals surface area contributed by atoms with Gasteiger partial charge in [0.1, 0.15) is 0 Å². The molecular weight excluding hydrogens is 500 g/mol. The molecule has 0 aromatic rings. The maximum absolute atomic E-state index is 13.5. The molecule has 2 fully saturated rings. The third-order valence-electron chi connectivity index (χ3n) is 8.72. The molecule has 2 heterocycles. The summed E-state index contributed by atoms with van der Waals surface area (Å²) >= 11 is 0. The highest BCUT2D eigenvalue weighted by atomic mass is 16.7. The zero-order valence-corrected chi connectivity index (χ0v) is 25.8. The van der Waals surface area contributed by atoms with E-state index < -0.39 is 0 Å². The Bertz CT molecular complexity index is 1080. The van der Waals surface area contributed by atoms with Crippen molar-refractivity contribution in [1.82, 2.24) is 10.1 Å². The molecule has 4 rings (SSSR count). The van der Waals surface area contributed by atoms with E-state index in [0.29, 0.717) is 24.0 Å². The third-order valence-corrected chi connectivity index (χ3v) is 8.72. The lowest BCUT2D eigenvalue weighted by molar-refractivity contribution is -0.262. The molecule has 2 aliphatic heterocycles. The fourth-order valence-corrected chi connectivity index (χ4v) is 6.70. The summed E-state index contributed by atoms with van der Waals surface area (Å²) in [7, 11) is 0. The van der Waals surface area contributed by atoms with E-state index in [9.17, 15) is 9.59 Å². The molecule has 0 bridgehead atoms. The van der Waals surface area contributed by atoms with Crippen molar-refractivity contribution in [1.29, 1.82) is 0 Å². The smallest absolute Gasteiger partial charge is 0.353 e. The van der Waals surface area contributed by atoms with Gasteiger partial charge in [-0.2, -0.15) is 0 Å². The van der Waals surface area contributed by atoms with Crippen molar-refractivity contribution in [3.63, 3.8) is 0 Å². The number of carbonyl (C=O) groups is 2. The van der Waals surface area contributed by atoms with Crippen molar-refractivity contribution >= 4 is 11.9 Å². The molecule has 0 amide bonds. The minimum Gasteiger partial charge on any atom is -0.363 e. The molecule has 40 heavy (non-hydrogen) atoms. The van der Waals surface area contributed by atoms with Gasteiger partial charge in [0.05, 0.1) is 22.2 Å². The first-order chi connectivity index (χ1) is 18.6. The summed E-state index contributed by atoms with van der Waals surface area (Å²) in [6.45, 7) is 17.1. The van der Waals surface area contributed by atoms with Gasteiger partial charge >= 0.3 is 11.9 Å². The number of piperidine rings is 2. The lowest BCUT2D eigenvalue weighted by Gasteiger charge is -2.50. The first-order valence-electron chi connectivity index (χ1n) is 14.8. The van der Waals surface area contributed by atoms with Crippen LogP contribution in [0.15, 0.2) is 70.9 Å². The average molecular weight is 549 g/mol. The summed E-state index contributed by atoms with van der Waals surface area (Å²) in [5.74, 6) is -0.660. The maximum atomic E-state index is 13.5. The molecule has 0 aromatic heterocycles. The standard InChI is InChI=1S/C34H48N2O4/c1-31(2)19-13-20-32(3,4)35(31)39-29(37)27-17-11-9-15-25(23-27)26-16-10-12-18-28(24-26)30(38)40-36-33(5,6)21-14-22-34(36,7)8/h9-12,15-16,23-24H,13-14,17-22H2,1-8H3. The number of nitrogens with zero attached hydrogens (tertiary/aromatic N) is 2. The topological polar surface area (TPSA) is 59.1 Å². The number of rotatable bonds is 5. The molecule has 0 unspecified atom stereocenters. The Morgan fingerprint density at radius 2 is 0.925 bits per heavy atom. The molecule has 0 saturated carbocycles. The van der Waals surface area contributed by atoms with Crippen LogP contribution >= 0.6 is 0 Å². The SMILES string of the molecule is CC1(C)CCCC(C)(C)N1OC(=O)C1=CC(C2=CC=CCC(C(=O)ON3C(C)(C)CCCC3(C)C)=C2)=CC=CC1. The molecule has 0 N–H and O–H groups in total. The zero-order valence-electron chi connectivity index (χ0n) is 25.8. The molecule has 0 aromatic carbocycles. The van der Waals surface area contributed by atoms with E-state index in [1.165, 1.54) is 0 Å². The van der Waals surface area contributed by atoms with Gasteiger partial charge in [-0.05, 0) is 130 Å². The maximum Gasteiger partial charge on any atom is 0.353 e. The van der Waals surface area contributed by atoms with Crippen LogP contribution in [0, 0.1) is 0 Å². The van der Waals surface area contributed by atoms with Gasteiger partial charge in [0.2, 0.25) is 0 Å². The Morgan fingerprint density at radius 1 is 0.600 bits per heavy atom. The second kappa shape index (κ2) is 11.3. The molecule has 2 saturated heterocycles. The molecule has 4 aliphatic rings. The van der Waals surface area contributed by atoms with Crippen LogP contribution in [0.3, 0.4) is 0 Å². The second-order valence-corrected chi connectivity index (χ2v) is 14.2. The second-order valence-electron chi connectivity index (χ2n) is 14.2. The van der Waals surface area contributed by atoms with E-state index in [-0.39, 0.29) is 34.1 Å². The third kappa shape index (κ3) is 6.60. The van der Waals surface area contributed by atoms with Crippen LogP contribution < -0.4 is 0 Å². The summed E-state index contributed by atoms with van der Waals surface area (Å²) < 4.78 is 0. The van der Waals surface area contributed by atoms with Crippen molar-refractivity contribution in [2.24, 2.45) is 0 Å². The lowest BCUT2D eigenvalue weighted by Crippen LogP contribution is -2.58. The van der Waals surface area contributed by atoms with E-state index in [0.717, 1.165) is 49.7 Å². The number of allylic oxidation sites excluding steroid dienone is 10. The molecule has 2 aliphatic carbocycles. The molecule has 218 valence electrons. The molecule has 0 radical (unpaired) electrons. The predicted octanol–water partition coefficient (Wildman–Crippen LogP) is 7.61. The van der Waals surface area contributed by atoms with Gasteiger partial charge < -0.3 is 9.68 Å². The van der Waals surface area contributed by atoms with E-state index in [1.807, 2.05) is 58.7 Å². The summed E-state index contributed by atoms with van der Waals surface area (Å²) in [5.41, 5.74) is 1.94. The van der Waals surface area contributed by atoms with Crippen molar-refractivity contribution in [3.05, 3.63) is 70.9 Å². The Kier molecular flexibility index (Phi) is 8.54. The number of carbonyl (C=O) groups excluding carboxylic acids is 2.